The zero-order valence-electron chi connectivity index (χ0n) is 23.2. The topological polar surface area (TPSA) is 96.0 Å². The van der Waals surface area contributed by atoms with Crippen molar-refractivity contribution in [2.45, 2.75) is 51.6 Å². The average Bonchev–Trinajstić information content (AvgIpc) is 2.94. The summed E-state index contributed by atoms with van der Waals surface area (Å²) in [7, 11) is -2.55. The molecule has 9 heteroatoms. The molecular formula is C30H37N3O5S. The number of ether oxygens (including phenoxy) is 1. The highest BCUT2D eigenvalue weighted by Crippen LogP contribution is 2.29. The number of hydrogen-bond acceptors (Lipinski definition) is 5. The second-order valence-electron chi connectivity index (χ2n) is 9.24. The number of amides is 2. The fourth-order valence-corrected chi connectivity index (χ4v) is 5.91. The molecule has 3 aromatic rings. The lowest BCUT2D eigenvalue weighted by molar-refractivity contribution is -0.140. The van der Waals surface area contributed by atoms with Gasteiger partial charge in [0.1, 0.15) is 18.3 Å². The second-order valence-corrected chi connectivity index (χ2v) is 11.1. The highest BCUT2D eigenvalue weighted by Gasteiger charge is 2.34. The van der Waals surface area contributed by atoms with Crippen molar-refractivity contribution in [1.82, 2.24) is 10.2 Å². The first-order valence-corrected chi connectivity index (χ1v) is 14.4. The number of carbonyl (C=O) groups excluding carboxylic acids is 2. The molecule has 1 N–H and O–H groups in total. The Kier molecular flexibility index (Phi) is 10.1. The van der Waals surface area contributed by atoms with Gasteiger partial charge in [0.2, 0.25) is 11.8 Å². The lowest BCUT2D eigenvalue weighted by Gasteiger charge is -2.33. The number of hydrogen-bond donors (Lipinski definition) is 1. The Morgan fingerprint density at radius 3 is 2.28 bits per heavy atom. The third-order valence-electron chi connectivity index (χ3n) is 6.68. The van der Waals surface area contributed by atoms with Crippen LogP contribution in [0.3, 0.4) is 0 Å². The van der Waals surface area contributed by atoms with Gasteiger partial charge in [0.25, 0.3) is 10.0 Å². The monoisotopic (exact) mass is 551 g/mol. The molecule has 0 aliphatic heterocycles. The van der Waals surface area contributed by atoms with E-state index >= 15 is 0 Å². The SMILES string of the molecule is CCNC(=O)[C@H](CC)N(Cc1cccc(OC)c1)C(=O)CN(c1cccc(C)c1C)S(=O)(=O)c1ccccc1. The van der Waals surface area contributed by atoms with Crippen molar-refractivity contribution < 1.29 is 22.7 Å². The molecule has 3 rings (SSSR count). The standard InChI is InChI=1S/C30H37N3O5S/c1-6-27(30(35)31-7-2)32(20-24-14-12-15-25(19-24)38-5)29(34)21-33(28-18-11-13-22(3)23(28)4)39(36,37)26-16-9-8-10-17-26/h8-19,27H,6-7,20-21H2,1-5H3,(H,31,35)/t27-/m0/s1. The smallest absolute Gasteiger partial charge is 0.264 e. The van der Waals surface area contributed by atoms with Gasteiger partial charge in [-0.05, 0) is 74.2 Å². The fourth-order valence-electron chi connectivity index (χ4n) is 4.42. The molecule has 39 heavy (non-hydrogen) atoms. The van der Waals surface area contributed by atoms with Gasteiger partial charge >= 0.3 is 0 Å². The van der Waals surface area contributed by atoms with E-state index < -0.39 is 28.5 Å². The summed E-state index contributed by atoms with van der Waals surface area (Å²) >= 11 is 0. The fraction of sp³-hybridized carbons (Fsp3) is 0.333. The van der Waals surface area contributed by atoms with Crippen molar-refractivity contribution in [2.75, 3.05) is 24.5 Å². The minimum Gasteiger partial charge on any atom is -0.497 e. The second kappa shape index (κ2) is 13.3. The van der Waals surface area contributed by atoms with Crippen LogP contribution in [0, 0.1) is 13.8 Å². The molecule has 0 radical (unpaired) electrons. The van der Waals surface area contributed by atoms with Gasteiger partial charge in [0.15, 0.2) is 0 Å². The van der Waals surface area contributed by atoms with Gasteiger partial charge in [-0.1, -0.05) is 49.4 Å². The van der Waals surface area contributed by atoms with Gasteiger partial charge in [0.05, 0.1) is 17.7 Å². The van der Waals surface area contributed by atoms with Gasteiger partial charge in [-0.25, -0.2) is 8.42 Å². The summed E-state index contributed by atoms with van der Waals surface area (Å²) < 4.78 is 34.4. The molecule has 0 bridgehead atoms. The highest BCUT2D eigenvalue weighted by molar-refractivity contribution is 7.92. The number of nitrogens with zero attached hydrogens (tertiary/aromatic N) is 2. The highest BCUT2D eigenvalue weighted by atomic mass is 32.2. The van der Waals surface area contributed by atoms with Crippen LogP contribution in [-0.4, -0.2) is 51.4 Å². The molecule has 0 aromatic heterocycles. The third kappa shape index (κ3) is 6.97. The van der Waals surface area contributed by atoms with Gasteiger partial charge in [0, 0.05) is 13.1 Å². The number of anilines is 1. The minimum absolute atomic E-state index is 0.0776. The van der Waals surface area contributed by atoms with Gasteiger partial charge in [-0.3, -0.25) is 13.9 Å². The Bertz CT molecular complexity index is 1390. The lowest BCUT2D eigenvalue weighted by Crippen LogP contribution is -2.52. The van der Waals surface area contributed by atoms with Crippen molar-refractivity contribution >= 4 is 27.5 Å². The quantitative estimate of drug-likeness (QED) is 0.359. The largest absolute Gasteiger partial charge is 0.497 e. The van der Waals surface area contributed by atoms with E-state index in [4.69, 9.17) is 4.74 Å². The van der Waals surface area contributed by atoms with Crippen LogP contribution < -0.4 is 14.4 Å². The number of nitrogens with one attached hydrogen (secondary N) is 1. The number of methoxy groups -OCH3 is 1. The van der Waals surface area contributed by atoms with Crippen LogP contribution >= 0.6 is 0 Å². The van der Waals surface area contributed by atoms with E-state index in [-0.39, 0.29) is 17.3 Å². The molecule has 8 nitrogen and oxygen atoms in total. The number of rotatable bonds is 12. The van der Waals surface area contributed by atoms with Gasteiger partial charge in [-0.15, -0.1) is 0 Å². The summed E-state index contributed by atoms with van der Waals surface area (Å²) in [5, 5.41) is 2.81. The molecule has 0 fully saturated rings. The van der Waals surface area contributed by atoms with Crippen LogP contribution in [0.4, 0.5) is 5.69 Å². The molecular weight excluding hydrogens is 514 g/mol. The summed E-state index contributed by atoms with van der Waals surface area (Å²) in [6.07, 6.45) is 0.358. The number of aryl methyl sites for hydroxylation is 1. The van der Waals surface area contributed by atoms with E-state index in [9.17, 15) is 18.0 Å². The molecule has 0 aliphatic carbocycles. The molecule has 3 aromatic carbocycles. The van der Waals surface area contributed by atoms with Crippen molar-refractivity contribution in [3.63, 3.8) is 0 Å². The number of benzene rings is 3. The lowest BCUT2D eigenvalue weighted by atomic mass is 10.1. The van der Waals surface area contributed by atoms with Crippen LogP contribution in [-0.2, 0) is 26.2 Å². The van der Waals surface area contributed by atoms with E-state index in [0.717, 1.165) is 21.0 Å². The van der Waals surface area contributed by atoms with Crippen LogP contribution in [0.5, 0.6) is 5.75 Å². The van der Waals surface area contributed by atoms with E-state index in [2.05, 4.69) is 5.32 Å². The molecule has 0 unspecified atom stereocenters. The molecule has 0 spiro atoms. The third-order valence-corrected chi connectivity index (χ3v) is 8.45. The van der Waals surface area contributed by atoms with Gasteiger partial charge in [-0.2, -0.15) is 0 Å². The van der Waals surface area contributed by atoms with Crippen LogP contribution in [0.2, 0.25) is 0 Å². The predicted molar refractivity (Wildman–Crippen MR) is 153 cm³/mol. The number of likely N-dealkylation sites (N-methyl/N-ethyl adjacent to an activating group) is 1. The zero-order valence-corrected chi connectivity index (χ0v) is 24.0. The van der Waals surface area contributed by atoms with E-state index in [0.29, 0.717) is 24.4 Å². The van der Waals surface area contributed by atoms with E-state index in [1.165, 1.54) is 17.0 Å². The minimum atomic E-state index is -4.10. The molecule has 0 aliphatic rings. The first-order chi connectivity index (χ1) is 18.6. The van der Waals surface area contributed by atoms with Crippen molar-refractivity contribution in [3.8, 4) is 5.75 Å². The summed E-state index contributed by atoms with van der Waals surface area (Å²) in [5.74, 6) is -0.161. The van der Waals surface area contributed by atoms with Crippen LogP contribution in [0.25, 0.3) is 0 Å². The van der Waals surface area contributed by atoms with E-state index in [1.807, 2.05) is 45.9 Å². The predicted octanol–water partition coefficient (Wildman–Crippen LogP) is 4.45. The molecule has 208 valence electrons. The summed E-state index contributed by atoms with van der Waals surface area (Å²) in [6.45, 7) is 7.42. The molecule has 1 atom stereocenters. The molecule has 0 saturated carbocycles. The molecule has 2 amide bonds. The van der Waals surface area contributed by atoms with Crippen molar-refractivity contribution in [2.24, 2.45) is 0 Å². The Balaban J connectivity index is 2.10. The summed E-state index contributed by atoms with van der Waals surface area (Å²) in [5.41, 5.74) is 2.82. The maximum Gasteiger partial charge on any atom is 0.264 e. The Morgan fingerprint density at radius 2 is 1.64 bits per heavy atom. The van der Waals surface area contributed by atoms with Gasteiger partial charge < -0.3 is 15.0 Å². The first kappa shape index (κ1) is 29.7. The maximum atomic E-state index is 14.1. The summed E-state index contributed by atoms with van der Waals surface area (Å²) in [6, 6.07) is 19.9. The molecule has 0 heterocycles. The number of sulfonamides is 1. The van der Waals surface area contributed by atoms with Crippen LogP contribution in [0.1, 0.15) is 37.0 Å². The van der Waals surface area contributed by atoms with Crippen molar-refractivity contribution in [1.29, 1.82) is 0 Å². The van der Waals surface area contributed by atoms with Crippen molar-refractivity contribution in [3.05, 3.63) is 89.5 Å². The summed E-state index contributed by atoms with van der Waals surface area (Å²) in [4.78, 5) is 28.7. The molecule has 0 saturated heterocycles. The average molecular weight is 552 g/mol. The normalized spacial score (nSPS) is 11.9. The first-order valence-electron chi connectivity index (χ1n) is 13.0. The van der Waals surface area contributed by atoms with E-state index in [1.54, 1.807) is 49.6 Å². The zero-order chi connectivity index (χ0) is 28.6. The number of carbonyl (C=O) groups is 2. The Hall–Kier alpha value is -3.85. The Morgan fingerprint density at radius 1 is 0.949 bits per heavy atom. The maximum absolute atomic E-state index is 14.1. The van der Waals surface area contributed by atoms with Crippen LogP contribution in [0.15, 0.2) is 77.7 Å². The Labute approximate surface area is 231 Å².